The Morgan fingerprint density at radius 1 is 1.57 bits per heavy atom. The van der Waals surface area contributed by atoms with E-state index in [1.807, 2.05) is 6.92 Å². The Morgan fingerprint density at radius 3 is 2.79 bits per heavy atom. The van der Waals surface area contributed by atoms with Gasteiger partial charge in [0.05, 0.1) is 10.7 Å². The molecule has 0 aliphatic heterocycles. The Kier molecular flexibility index (Phi) is 3.89. The second-order valence-corrected chi connectivity index (χ2v) is 3.11. The Bertz CT molecular complexity index is 352. The SMILES string of the molecule is CCC(=NOC)c1ccc(F)cc1Cl. The molecule has 0 saturated carbocycles. The summed E-state index contributed by atoms with van der Waals surface area (Å²) < 4.78 is 12.7. The predicted octanol–water partition coefficient (Wildman–Crippen LogP) is 3.24. The van der Waals surface area contributed by atoms with Gasteiger partial charge in [-0.25, -0.2) is 4.39 Å². The lowest BCUT2D eigenvalue weighted by molar-refractivity contribution is 0.213. The number of rotatable bonds is 3. The van der Waals surface area contributed by atoms with Gasteiger partial charge in [0.15, 0.2) is 0 Å². The molecule has 0 heterocycles. The van der Waals surface area contributed by atoms with Crippen molar-refractivity contribution in [2.45, 2.75) is 13.3 Å². The van der Waals surface area contributed by atoms with Crippen LogP contribution in [0.1, 0.15) is 18.9 Å². The zero-order valence-corrected chi connectivity index (χ0v) is 8.81. The van der Waals surface area contributed by atoms with E-state index in [4.69, 9.17) is 11.6 Å². The highest BCUT2D eigenvalue weighted by Crippen LogP contribution is 2.19. The molecule has 2 nitrogen and oxygen atoms in total. The number of benzene rings is 1. The van der Waals surface area contributed by atoms with E-state index in [9.17, 15) is 4.39 Å². The van der Waals surface area contributed by atoms with Gasteiger partial charge in [-0.15, -0.1) is 0 Å². The average Bonchev–Trinajstić information content (AvgIpc) is 2.15. The van der Waals surface area contributed by atoms with Gasteiger partial charge in [0.2, 0.25) is 0 Å². The summed E-state index contributed by atoms with van der Waals surface area (Å²) in [6.45, 7) is 1.93. The average molecular weight is 216 g/mol. The molecule has 0 atom stereocenters. The van der Waals surface area contributed by atoms with Crippen LogP contribution in [0.5, 0.6) is 0 Å². The van der Waals surface area contributed by atoms with Gasteiger partial charge in [-0.1, -0.05) is 23.7 Å². The zero-order valence-electron chi connectivity index (χ0n) is 8.05. The summed E-state index contributed by atoms with van der Waals surface area (Å²) in [6, 6.07) is 4.21. The summed E-state index contributed by atoms with van der Waals surface area (Å²) in [6.07, 6.45) is 0.680. The van der Waals surface area contributed by atoms with E-state index in [0.29, 0.717) is 22.7 Å². The molecule has 0 spiro atoms. The van der Waals surface area contributed by atoms with E-state index in [1.165, 1.54) is 19.2 Å². The Balaban J connectivity index is 3.11. The van der Waals surface area contributed by atoms with E-state index < -0.39 is 0 Å². The van der Waals surface area contributed by atoms with Gasteiger partial charge >= 0.3 is 0 Å². The third-order valence-electron chi connectivity index (χ3n) is 1.78. The van der Waals surface area contributed by atoms with Crippen LogP contribution in [0.4, 0.5) is 4.39 Å². The van der Waals surface area contributed by atoms with Gasteiger partial charge < -0.3 is 4.84 Å². The van der Waals surface area contributed by atoms with E-state index in [1.54, 1.807) is 6.07 Å². The van der Waals surface area contributed by atoms with E-state index in [-0.39, 0.29) is 5.82 Å². The van der Waals surface area contributed by atoms with Crippen LogP contribution in [0.25, 0.3) is 0 Å². The Labute approximate surface area is 87.3 Å². The van der Waals surface area contributed by atoms with Crippen molar-refractivity contribution in [3.05, 3.63) is 34.6 Å². The molecule has 1 aromatic carbocycles. The molecule has 0 amide bonds. The normalized spacial score (nSPS) is 11.6. The maximum atomic E-state index is 12.7. The van der Waals surface area contributed by atoms with Crippen LogP contribution < -0.4 is 0 Å². The molecule has 0 fully saturated rings. The fourth-order valence-corrected chi connectivity index (χ4v) is 1.41. The summed E-state index contributed by atoms with van der Waals surface area (Å²) in [7, 11) is 1.47. The van der Waals surface area contributed by atoms with Crippen LogP contribution >= 0.6 is 11.6 Å². The first-order chi connectivity index (χ1) is 6.69. The molecule has 0 aliphatic rings. The smallest absolute Gasteiger partial charge is 0.124 e. The first kappa shape index (κ1) is 11.0. The van der Waals surface area contributed by atoms with Gasteiger partial charge in [0, 0.05) is 5.56 Å². The lowest BCUT2D eigenvalue weighted by Gasteiger charge is -2.05. The Morgan fingerprint density at radius 2 is 2.29 bits per heavy atom. The van der Waals surface area contributed by atoms with Crippen LogP contribution in [0.15, 0.2) is 23.4 Å². The van der Waals surface area contributed by atoms with Gasteiger partial charge in [0.1, 0.15) is 12.9 Å². The second-order valence-electron chi connectivity index (χ2n) is 2.70. The number of oxime groups is 1. The summed E-state index contributed by atoms with van der Waals surface area (Å²) in [5.41, 5.74) is 1.41. The molecule has 0 aliphatic carbocycles. The quantitative estimate of drug-likeness (QED) is 0.560. The molecule has 14 heavy (non-hydrogen) atoms. The van der Waals surface area contributed by atoms with Crippen LogP contribution in [0.3, 0.4) is 0 Å². The van der Waals surface area contributed by atoms with E-state index in [2.05, 4.69) is 9.99 Å². The third-order valence-corrected chi connectivity index (χ3v) is 2.09. The minimum absolute atomic E-state index is 0.350. The predicted molar refractivity (Wildman–Crippen MR) is 55.2 cm³/mol. The van der Waals surface area contributed by atoms with Gasteiger partial charge in [-0.3, -0.25) is 0 Å². The summed E-state index contributed by atoms with van der Waals surface area (Å²) in [5.74, 6) is -0.355. The molecule has 4 heteroatoms. The maximum Gasteiger partial charge on any atom is 0.124 e. The molecule has 0 saturated heterocycles. The topological polar surface area (TPSA) is 21.6 Å². The highest BCUT2D eigenvalue weighted by Gasteiger charge is 2.07. The lowest BCUT2D eigenvalue weighted by atomic mass is 10.1. The highest BCUT2D eigenvalue weighted by atomic mass is 35.5. The van der Waals surface area contributed by atoms with Crippen molar-refractivity contribution in [1.82, 2.24) is 0 Å². The van der Waals surface area contributed by atoms with Crippen molar-refractivity contribution < 1.29 is 9.23 Å². The van der Waals surface area contributed by atoms with Gasteiger partial charge in [-0.05, 0) is 24.6 Å². The standard InChI is InChI=1S/C10H11ClFNO/c1-3-10(13-14-2)8-5-4-7(12)6-9(8)11/h4-6H,3H2,1-2H3. The number of hydrogen-bond donors (Lipinski definition) is 0. The first-order valence-corrected chi connectivity index (χ1v) is 4.62. The van der Waals surface area contributed by atoms with Gasteiger partial charge in [-0.2, -0.15) is 0 Å². The highest BCUT2D eigenvalue weighted by molar-refractivity contribution is 6.34. The Hall–Kier alpha value is -1.09. The van der Waals surface area contributed by atoms with Crippen molar-refractivity contribution in [2.75, 3.05) is 7.11 Å². The molecule has 1 rings (SSSR count). The molecule has 0 radical (unpaired) electrons. The molecule has 1 aromatic rings. The molecular formula is C10H11ClFNO. The van der Waals surface area contributed by atoms with Crippen LogP contribution in [0.2, 0.25) is 5.02 Å². The number of halogens is 2. The molecule has 76 valence electrons. The minimum Gasteiger partial charge on any atom is -0.399 e. The largest absolute Gasteiger partial charge is 0.399 e. The maximum absolute atomic E-state index is 12.7. The van der Waals surface area contributed by atoms with E-state index >= 15 is 0 Å². The van der Waals surface area contributed by atoms with Crippen LogP contribution in [-0.2, 0) is 4.84 Å². The zero-order chi connectivity index (χ0) is 10.6. The van der Waals surface area contributed by atoms with Crippen molar-refractivity contribution in [2.24, 2.45) is 5.16 Å². The first-order valence-electron chi connectivity index (χ1n) is 4.24. The van der Waals surface area contributed by atoms with Crippen molar-refractivity contribution in [1.29, 1.82) is 0 Å². The third kappa shape index (κ3) is 2.45. The number of nitrogens with zero attached hydrogens (tertiary/aromatic N) is 1. The summed E-state index contributed by atoms with van der Waals surface area (Å²) in [5, 5.41) is 4.16. The fourth-order valence-electron chi connectivity index (χ4n) is 1.14. The minimum atomic E-state index is -0.355. The van der Waals surface area contributed by atoms with Gasteiger partial charge in [0.25, 0.3) is 0 Å². The van der Waals surface area contributed by atoms with Crippen molar-refractivity contribution in [3.8, 4) is 0 Å². The van der Waals surface area contributed by atoms with Crippen LogP contribution in [-0.4, -0.2) is 12.8 Å². The van der Waals surface area contributed by atoms with Crippen molar-refractivity contribution in [3.63, 3.8) is 0 Å². The summed E-state index contributed by atoms with van der Waals surface area (Å²) in [4.78, 5) is 4.67. The monoisotopic (exact) mass is 215 g/mol. The molecule has 0 unspecified atom stereocenters. The fraction of sp³-hybridized carbons (Fsp3) is 0.300. The number of hydrogen-bond acceptors (Lipinski definition) is 2. The molecule has 0 N–H and O–H groups in total. The van der Waals surface area contributed by atoms with Crippen LogP contribution in [0, 0.1) is 5.82 Å². The summed E-state index contributed by atoms with van der Waals surface area (Å²) >= 11 is 5.86. The molecule has 0 aromatic heterocycles. The molecule has 0 bridgehead atoms. The lowest BCUT2D eigenvalue weighted by Crippen LogP contribution is -2.01. The van der Waals surface area contributed by atoms with E-state index in [0.717, 1.165) is 0 Å². The van der Waals surface area contributed by atoms with Crippen molar-refractivity contribution >= 4 is 17.3 Å². The second kappa shape index (κ2) is 4.96. The molecular weight excluding hydrogens is 205 g/mol.